The second-order valence-electron chi connectivity index (χ2n) is 21.7. The van der Waals surface area contributed by atoms with Crippen LogP contribution in [0, 0.1) is 0 Å². The van der Waals surface area contributed by atoms with E-state index in [1.54, 1.807) is 0 Å². The summed E-state index contributed by atoms with van der Waals surface area (Å²) in [6, 6.07) is 105. The lowest BCUT2D eigenvalue weighted by Gasteiger charge is -2.40. The lowest BCUT2D eigenvalue weighted by molar-refractivity contribution is 0.722. The van der Waals surface area contributed by atoms with Gasteiger partial charge in [-0.3, -0.25) is 0 Å². The minimum Gasteiger partial charge on any atom is -0.310 e. The minimum atomic E-state index is -0.530. The van der Waals surface area contributed by atoms with E-state index in [2.05, 4.69) is 278 Å². The molecule has 368 valence electrons. The molecule has 0 saturated carbocycles. The Labute approximate surface area is 472 Å². The molecule has 3 aliphatic heterocycles. The lowest BCUT2D eigenvalue weighted by atomic mass is 9.67. The zero-order chi connectivity index (χ0) is 51.6. The van der Waals surface area contributed by atoms with Gasteiger partial charge in [-0.05, 0) is 173 Å². The smallest absolute Gasteiger partial charge is 0.0736 e. The number of benzene rings is 12. The van der Waals surface area contributed by atoms with Crippen LogP contribution in [-0.2, 0) is 16.2 Å². The highest BCUT2D eigenvalue weighted by molar-refractivity contribution is 8.00. The first kappa shape index (κ1) is 44.5. The Kier molecular flexibility index (Phi) is 9.17. The van der Waals surface area contributed by atoms with Crippen LogP contribution in [0.15, 0.2) is 302 Å². The van der Waals surface area contributed by atoms with E-state index in [9.17, 15) is 0 Å². The quantitative estimate of drug-likeness (QED) is 0.173. The maximum absolute atomic E-state index is 2.57. The van der Waals surface area contributed by atoms with Crippen molar-refractivity contribution in [3.05, 3.63) is 340 Å². The molecule has 79 heavy (non-hydrogen) atoms. The fourth-order valence-electron chi connectivity index (χ4n) is 15.4. The highest BCUT2D eigenvalue weighted by atomic mass is 32.2. The molecule has 3 aliphatic carbocycles. The van der Waals surface area contributed by atoms with E-state index in [0.717, 1.165) is 17.1 Å². The predicted octanol–water partition coefficient (Wildman–Crippen LogP) is 19.6. The lowest BCUT2D eigenvalue weighted by Crippen LogP contribution is -2.32. The summed E-state index contributed by atoms with van der Waals surface area (Å²) < 4.78 is 0. The zero-order valence-corrected chi connectivity index (χ0v) is 45.1. The van der Waals surface area contributed by atoms with Crippen LogP contribution in [0.1, 0.15) is 66.8 Å². The van der Waals surface area contributed by atoms with Gasteiger partial charge in [0, 0.05) is 46.4 Å². The summed E-state index contributed by atoms with van der Waals surface area (Å²) in [5.41, 5.74) is 25.6. The number of rotatable bonds is 3. The number of anilines is 3. The second kappa shape index (κ2) is 16.3. The highest BCUT2D eigenvalue weighted by Crippen LogP contribution is 2.67. The fraction of sp³-hybridized carbons (Fsp3) is 0.0400. The first-order valence-electron chi connectivity index (χ1n) is 27.3. The van der Waals surface area contributed by atoms with Gasteiger partial charge in [-0.1, -0.05) is 235 Å². The molecule has 0 aromatic heterocycles. The average molecular weight is 1060 g/mol. The molecular weight excluding hydrogens is 1010 g/mol. The molecule has 1 nitrogen and oxygen atoms in total. The Hall–Kier alpha value is -8.51. The highest BCUT2D eigenvalue weighted by Gasteiger charge is 2.54. The van der Waals surface area contributed by atoms with Crippen molar-refractivity contribution in [2.45, 2.75) is 45.6 Å². The summed E-state index contributed by atoms with van der Waals surface area (Å²) in [4.78, 5) is 10.4. The van der Waals surface area contributed by atoms with Crippen LogP contribution in [0.5, 0.6) is 0 Å². The topological polar surface area (TPSA) is 3.24 Å². The van der Waals surface area contributed by atoms with E-state index in [1.165, 1.54) is 130 Å². The molecule has 3 spiro atoms. The molecule has 0 amide bonds. The molecule has 4 heteroatoms. The van der Waals surface area contributed by atoms with Crippen LogP contribution in [0.4, 0.5) is 17.1 Å². The van der Waals surface area contributed by atoms with Crippen molar-refractivity contribution in [1.29, 1.82) is 0 Å². The van der Waals surface area contributed by atoms with E-state index in [-0.39, 0.29) is 0 Å². The van der Waals surface area contributed by atoms with E-state index < -0.39 is 16.2 Å². The molecule has 0 bridgehead atoms. The molecule has 0 radical (unpaired) electrons. The zero-order valence-electron chi connectivity index (χ0n) is 42.7. The van der Waals surface area contributed by atoms with Gasteiger partial charge in [0.05, 0.1) is 16.2 Å². The average Bonchev–Trinajstić information content (AvgIpc) is 3.61. The van der Waals surface area contributed by atoms with Gasteiger partial charge in [-0.15, -0.1) is 0 Å². The van der Waals surface area contributed by atoms with E-state index in [4.69, 9.17) is 0 Å². The number of fused-ring (bicyclic) bond motifs is 27. The van der Waals surface area contributed by atoms with Gasteiger partial charge in [0.1, 0.15) is 0 Å². The Balaban J connectivity index is 0.918. The first-order valence-corrected chi connectivity index (χ1v) is 29.8. The molecule has 0 unspecified atom stereocenters. The van der Waals surface area contributed by atoms with E-state index in [0.29, 0.717) is 0 Å². The van der Waals surface area contributed by atoms with Crippen molar-refractivity contribution in [3.8, 4) is 33.4 Å². The van der Waals surface area contributed by atoms with Crippen molar-refractivity contribution in [3.63, 3.8) is 0 Å². The molecule has 12 aromatic rings. The molecule has 3 heterocycles. The summed E-state index contributed by atoms with van der Waals surface area (Å²) in [6.45, 7) is 0. The Bertz CT molecular complexity index is 4310. The summed E-state index contributed by atoms with van der Waals surface area (Å²) in [5.74, 6) is 0. The SMILES string of the molecule is c1ccc2c(c1)Sc1ccccc1C21c2ccccc2-c2cc(N(c3ccc4c(c3)-c3ccccc3C43c4ccccc4Sc4ccccc43)c3ccc4c(c3)C3(c5ccccc5Sc5ccccc53)c3ccccc3-4)ccc21. The maximum atomic E-state index is 2.57. The van der Waals surface area contributed by atoms with Gasteiger partial charge >= 0.3 is 0 Å². The third-order valence-electron chi connectivity index (χ3n) is 18.3. The van der Waals surface area contributed by atoms with E-state index >= 15 is 0 Å². The molecule has 0 saturated heterocycles. The van der Waals surface area contributed by atoms with Gasteiger partial charge in [0.25, 0.3) is 0 Å². The minimum absolute atomic E-state index is 0.476. The Morgan fingerprint density at radius 2 is 0.430 bits per heavy atom. The summed E-state index contributed by atoms with van der Waals surface area (Å²) in [5, 5.41) is 0. The molecule has 12 aromatic carbocycles. The Morgan fingerprint density at radius 1 is 0.190 bits per heavy atom. The molecule has 18 rings (SSSR count). The molecule has 6 aliphatic rings. The molecular formula is C75H45NS3. The third kappa shape index (κ3) is 5.61. The maximum Gasteiger partial charge on any atom is 0.0736 e. The number of hydrogen-bond donors (Lipinski definition) is 0. The summed E-state index contributed by atoms with van der Waals surface area (Å²) in [7, 11) is 0. The van der Waals surface area contributed by atoms with Gasteiger partial charge in [-0.2, -0.15) is 0 Å². The predicted molar refractivity (Wildman–Crippen MR) is 325 cm³/mol. The van der Waals surface area contributed by atoms with Crippen LogP contribution in [0.25, 0.3) is 33.4 Å². The fourth-order valence-corrected chi connectivity index (χ4v) is 19.0. The van der Waals surface area contributed by atoms with Crippen molar-refractivity contribution in [2.75, 3.05) is 4.90 Å². The monoisotopic (exact) mass is 1060 g/mol. The summed E-state index contributed by atoms with van der Waals surface area (Å²) in [6.07, 6.45) is 0. The van der Waals surface area contributed by atoms with Crippen molar-refractivity contribution in [2.24, 2.45) is 0 Å². The molecule has 0 atom stereocenters. The largest absolute Gasteiger partial charge is 0.310 e. The van der Waals surface area contributed by atoms with Crippen molar-refractivity contribution < 1.29 is 0 Å². The normalized spacial score (nSPS) is 15.5. The van der Waals surface area contributed by atoms with Crippen molar-refractivity contribution >= 4 is 52.3 Å². The molecule has 0 fully saturated rings. The van der Waals surface area contributed by atoms with Gasteiger partial charge in [-0.25, -0.2) is 0 Å². The van der Waals surface area contributed by atoms with Crippen LogP contribution >= 0.6 is 35.3 Å². The number of hydrogen-bond acceptors (Lipinski definition) is 4. The second-order valence-corrected chi connectivity index (χ2v) is 24.9. The van der Waals surface area contributed by atoms with Crippen LogP contribution in [-0.4, -0.2) is 0 Å². The van der Waals surface area contributed by atoms with Gasteiger partial charge in [0.2, 0.25) is 0 Å². The van der Waals surface area contributed by atoms with Gasteiger partial charge in [0.15, 0.2) is 0 Å². The Morgan fingerprint density at radius 3 is 0.785 bits per heavy atom. The summed E-state index contributed by atoms with van der Waals surface area (Å²) >= 11 is 5.69. The standard InChI is InChI=1S/C75H45NS3/c1-4-22-55-49(19-1)52-40-37-48(45-66(52)75(55)64-29-11-17-35-71(64)79-72-36-18-12-30-65(72)75)76(46-38-41-58-53(43-46)50-20-2-5-23-56(50)73(58)60-25-7-13-31-67(60)77-68-32-14-8-26-61(68)73)47-39-42-59-54(44-47)51-21-3-6-24-57(51)74(59)62-27-9-15-33-69(62)78-70-34-16-10-28-63(70)74/h1-45H. The molecule has 0 N–H and O–H groups in total. The van der Waals surface area contributed by atoms with E-state index in [1.807, 2.05) is 35.3 Å². The number of nitrogens with zero attached hydrogens (tertiary/aromatic N) is 1. The van der Waals surface area contributed by atoms with Crippen LogP contribution < -0.4 is 4.90 Å². The van der Waals surface area contributed by atoms with Crippen LogP contribution in [0.3, 0.4) is 0 Å². The third-order valence-corrected chi connectivity index (χ3v) is 21.7. The first-order chi connectivity index (χ1) is 39.2. The van der Waals surface area contributed by atoms with Crippen LogP contribution in [0.2, 0.25) is 0 Å². The van der Waals surface area contributed by atoms with Gasteiger partial charge < -0.3 is 4.90 Å². The van der Waals surface area contributed by atoms with Crippen molar-refractivity contribution in [1.82, 2.24) is 0 Å².